The lowest BCUT2D eigenvalue weighted by atomic mass is 9.89. The molecule has 1 fully saturated rings. The SMILES string of the molecule is Cc1[nH]c(=O)c(C#N)c(C)c1CCC(=O)N1CCC(c2ccccc2)CC1. The molecule has 5 nitrogen and oxygen atoms in total. The Morgan fingerprint density at radius 2 is 1.89 bits per heavy atom. The summed E-state index contributed by atoms with van der Waals surface area (Å²) in [6.07, 6.45) is 2.92. The highest BCUT2D eigenvalue weighted by atomic mass is 16.2. The Bertz CT molecular complexity index is 917. The quantitative estimate of drug-likeness (QED) is 0.906. The molecule has 0 spiro atoms. The molecule has 3 rings (SSSR count). The Hall–Kier alpha value is -2.87. The second kappa shape index (κ2) is 8.22. The number of aryl methyl sites for hydroxylation is 1. The van der Waals surface area contributed by atoms with Gasteiger partial charge in [0.1, 0.15) is 11.6 Å². The molecular weight excluding hydrogens is 338 g/mol. The zero-order valence-electron chi connectivity index (χ0n) is 15.9. The second-order valence-electron chi connectivity index (χ2n) is 7.24. The first-order valence-corrected chi connectivity index (χ1v) is 9.46. The number of pyridine rings is 1. The van der Waals surface area contributed by atoms with E-state index in [9.17, 15) is 9.59 Å². The molecule has 1 N–H and O–H groups in total. The predicted octanol–water partition coefficient (Wildman–Crippen LogP) is 3.20. The molecule has 1 amide bonds. The largest absolute Gasteiger partial charge is 0.343 e. The lowest BCUT2D eigenvalue weighted by molar-refractivity contribution is -0.132. The van der Waals surface area contributed by atoms with E-state index in [0.29, 0.717) is 24.3 Å². The van der Waals surface area contributed by atoms with Crippen molar-refractivity contribution in [2.45, 2.75) is 45.4 Å². The number of nitrogens with zero attached hydrogens (tertiary/aromatic N) is 2. The number of likely N-dealkylation sites (tertiary alicyclic amines) is 1. The van der Waals surface area contributed by atoms with Gasteiger partial charge in [0.15, 0.2) is 0 Å². The van der Waals surface area contributed by atoms with Gasteiger partial charge in [-0.25, -0.2) is 0 Å². The second-order valence-corrected chi connectivity index (χ2v) is 7.24. The van der Waals surface area contributed by atoms with E-state index in [1.807, 2.05) is 24.0 Å². The first-order valence-electron chi connectivity index (χ1n) is 9.46. The summed E-state index contributed by atoms with van der Waals surface area (Å²) in [6, 6.07) is 12.5. The van der Waals surface area contributed by atoms with Gasteiger partial charge in [0.25, 0.3) is 5.56 Å². The fraction of sp³-hybridized carbons (Fsp3) is 0.409. The van der Waals surface area contributed by atoms with Crippen molar-refractivity contribution in [3.8, 4) is 6.07 Å². The lowest BCUT2D eigenvalue weighted by Gasteiger charge is -2.32. The monoisotopic (exact) mass is 363 g/mol. The van der Waals surface area contributed by atoms with Crippen LogP contribution in [0.25, 0.3) is 0 Å². The van der Waals surface area contributed by atoms with Crippen LogP contribution in [-0.4, -0.2) is 28.9 Å². The van der Waals surface area contributed by atoms with Gasteiger partial charge in [0.05, 0.1) is 0 Å². The number of aromatic nitrogens is 1. The van der Waals surface area contributed by atoms with Gasteiger partial charge < -0.3 is 9.88 Å². The van der Waals surface area contributed by atoms with Crippen molar-refractivity contribution >= 4 is 5.91 Å². The highest BCUT2D eigenvalue weighted by Crippen LogP contribution is 2.28. The van der Waals surface area contributed by atoms with E-state index in [1.165, 1.54) is 5.56 Å². The van der Waals surface area contributed by atoms with Gasteiger partial charge in [-0.05, 0) is 55.7 Å². The number of aromatic amines is 1. The van der Waals surface area contributed by atoms with Crippen LogP contribution in [0.4, 0.5) is 0 Å². The Labute approximate surface area is 159 Å². The number of carbonyl (C=O) groups is 1. The molecule has 140 valence electrons. The van der Waals surface area contributed by atoms with E-state index in [-0.39, 0.29) is 17.0 Å². The van der Waals surface area contributed by atoms with Crippen molar-refractivity contribution in [3.63, 3.8) is 0 Å². The zero-order chi connectivity index (χ0) is 19.4. The first-order chi connectivity index (χ1) is 13.0. The van der Waals surface area contributed by atoms with Crippen LogP contribution < -0.4 is 5.56 Å². The Kier molecular flexibility index (Phi) is 5.75. The minimum atomic E-state index is -0.356. The van der Waals surface area contributed by atoms with Crippen molar-refractivity contribution in [2.24, 2.45) is 0 Å². The molecular formula is C22H25N3O2. The van der Waals surface area contributed by atoms with E-state index in [1.54, 1.807) is 6.92 Å². The highest BCUT2D eigenvalue weighted by molar-refractivity contribution is 5.76. The summed E-state index contributed by atoms with van der Waals surface area (Å²) in [5, 5.41) is 9.17. The van der Waals surface area contributed by atoms with Crippen LogP contribution in [0, 0.1) is 25.2 Å². The number of carbonyl (C=O) groups excluding carboxylic acids is 1. The molecule has 5 heteroatoms. The molecule has 1 saturated heterocycles. The number of nitriles is 1. The third kappa shape index (κ3) is 4.11. The maximum atomic E-state index is 12.6. The average Bonchev–Trinajstić information content (AvgIpc) is 2.68. The van der Waals surface area contributed by atoms with Gasteiger partial charge in [-0.2, -0.15) is 5.26 Å². The van der Waals surface area contributed by atoms with Gasteiger partial charge >= 0.3 is 0 Å². The summed E-state index contributed by atoms with van der Waals surface area (Å²) < 4.78 is 0. The van der Waals surface area contributed by atoms with Crippen molar-refractivity contribution in [1.29, 1.82) is 5.26 Å². The lowest BCUT2D eigenvalue weighted by Crippen LogP contribution is -2.38. The van der Waals surface area contributed by atoms with Crippen LogP contribution in [-0.2, 0) is 11.2 Å². The summed E-state index contributed by atoms with van der Waals surface area (Å²) in [5.74, 6) is 0.669. The summed E-state index contributed by atoms with van der Waals surface area (Å²) in [4.78, 5) is 29.1. The van der Waals surface area contributed by atoms with Gasteiger partial charge in [-0.1, -0.05) is 30.3 Å². The number of H-pyrrole nitrogens is 1. The molecule has 0 bridgehead atoms. The number of amides is 1. The van der Waals surface area contributed by atoms with Crippen LogP contribution in [0.15, 0.2) is 35.1 Å². The first kappa shape index (κ1) is 18.9. The van der Waals surface area contributed by atoms with E-state index >= 15 is 0 Å². The molecule has 1 aliphatic rings. The van der Waals surface area contributed by atoms with Crippen LogP contribution in [0.3, 0.4) is 0 Å². The summed E-state index contributed by atoms with van der Waals surface area (Å²) in [6.45, 7) is 5.17. The molecule has 1 aromatic heterocycles. The average molecular weight is 363 g/mol. The Morgan fingerprint density at radius 3 is 2.52 bits per heavy atom. The number of benzene rings is 1. The fourth-order valence-corrected chi connectivity index (χ4v) is 4.00. The maximum absolute atomic E-state index is 12.6. The fourth-order valence-electron chi connectivity index (χ4n) is 4.00. The Balaban J connectivity index is 1.60. The number of piperidine rings is 1. The molecule has 2 heterocycles. The van der Waals surface area contributed by atoms with Crippen LogP contribution in [0.2, 0.25) is 0 Å². The molecule has 1 aromatic carbocycles. The van der Waals surface area contributed by atoms with Crippen molar-refractivity contribution in [3.05, 3.63) is 68.6 Å². The van der Waals surface area contributed by atoms with Crippen molar-refractivity contribution in [2.75, 3.05) is 13.1 Å². The predicted molar refractivity (Wildman–Crippen MR) is 105 cm³/mol. The minimum Gasteiger partial charge on any atom is -0.343 e. The van der Waals surface area contributed by atoms with Gasteiger partial charge in [0, 0.05) is 25.2 Å². The zero-order valence-corrected chi connectivity index (χ0v) is 15.9. The summed E-state index contributed by atoms with van der Waals surface area (Å²) >= 11 is 0. The van der Waals surface area contributed by atoms with Gasteiger partial charge in [0.2, 0.25) is 5.91 Å². The number of rotatable bonds is 4. The summed E-state index contributed by atoms with van der Waals surface area (Å²) in [5.41, 5.74) is 3.48. The third-order valence-electron chi connectivity index (χ3n) is 5.63. The van der Waals surface area contributed by atoms with Crippen molar-refractivity contribution < 1.29 is 4.79 Å². The molecule has 27 heavy (non-hydrogen) atoms. The van der Waals surface area contributed by atoms with Crippen LogP contribution >= 0.6 is 0 Å². The smallest absolute Gasteiger partial charge is 0.266 e. The Morgan fingerprint density at radius 1 is 1.22 bits per heavy atom. The van der Waals surface area contributed by atoms with Crippen LogP contribution in [0.5, 0.6) is 0 Å². The van der Waals surface area contributed by atoms with E-state index in [0.717, 1.165) is 37.2 Å². The molecule has 0 unspecified atom stereocenters. The molecule has 0 atom stereocenters. The van der Waals surface area contributed by atoms with Crippen molar-refractivity contribution in [1.82, 2.24) is 9.88 Å². The molecule has 1 aliphatic heterocycles. The minimum absolute atomic E-state index is 0.144. The van der Waals surface area contributed by atoms with E-state index < -0.39 is 0 Å². The molecule has 2 aromatic rings. The molecule has 0 radical (unpaired) electrons. The van der Waals surface area contributed by atoms with E-state index in [2.05, 4.69) is 29.2 Å². The highest BCUT2D eigenvalue weighted by Gasteiger charge is 2.24. The maximum Gasteiger partial charge on any atom is 0.266 e. The number of nitrogens with one attached hydrogen (secondary N) is 1. The van der Waals surface area contributed by atoms with E-state index in [4.69, 9.17) is 5.26 Å². The summed E-state index contributed by atoms with van der Waals surface area (Å²) in [7, 11) is 0. The molecule has 0 aliphatic carbocycles. The third-order valence-corrected chi connectivity index (χ3v) is 5.63. The van der Waals surface area contributed by atoms with Crippen LogP contribution in [0.1, 0.15) is 53.1 Å². The standard InChI is InChI=1S/C22H25N3O2/c1-15-19(16(2)24-22(27)20(15)14-23)8-9-21(26)25-12-10-18(11-13-25)17-6-4-3-5-7-17/h3-7,18H,8-13H2,1-2H3,(H,24,27). The van der Waals surface area contributed by atoms with Gasteiger partial charge in [-0.3, -0.25) is 9.59 Å². The normalized spacial score (nSPS) is 14.8. The molecule has 0 saturated carbocycles. The topological polar surface area (TPSA) is 77.0 Å². The number of hydrogen-bond donors (Lipinski definition) is 1. The number of hydrogen-bond acceptors (Lipinski definition) is 3. The van der Waals surface area contributed by atoms with Gasteiger partial charge in [-0.15, -0.1) is 0 Å².